The van der Waals surface area contributed by atoms with Crippen LogP contribution in [0.1, 0.15) is 48.5 Å². The average molecular weight is 626 g/mol. The van der Waals surface area contributed by atoms with Crippen LogP contribution in [0.2, 0.25) is 0 Å². The highest BCUT2D eigenvalue weighted by atomic mass is 16.3. The van der Waals surface area contributed by atoms with Crippen molar-refractivity contribution in [2.75, 3.05) is 57.5 Å². The summed E-state index contributed by atoms with van der Waals surface area (Å²) in [5.41, 5.74) is 3.21. The quantitative estimate of drug-likeness (QED) is 0.247. The van der Waals surface area contributed by atoms with Gasteiger partial charge in [0.1, 0.15) is 12.4 Å². The van der Waals surface area contributed by atoms with Crippen LogP contribution in [0.5, 0.6) is 0 Å². The van der Waals surface area contributed by atoms with E-state index in [1.54, 1.807) is 45.7 Å². The number of hydrogen-bond donors (Lipinski definition) is 3. The van der Waals surface area contributed by atoms with E-state index in [0.29, 0.717) is 29.5 Å². The van der Waals surface area contributed by atoms with Crippen molar-refractivity contribution in [1.82, 2.24) is 24.7 Å². The molecule has 5 rings (SSSR count). The first kappa shape index (κ1) is 32.6. The molecule has 3 amide bonds. The molecule has 0 aliphatic carbocycles. The van der Waals surface area contributed by atoms with Crippen LogP contribution in [0.3, 0.4) is 0 Å². The number of β-amino-alcohol motifs (C(OH)–C–C–N with tert-alkyl or cyclic N) is 1. The van der Waals surface area contributed by atoms with E-state index in [9.17, 15) is 19.5 Å². The number of rotatable bonds is 9. The number of hydrogen-bond acceptors (Lipinski definition) is 7. The highest BCUT2D eigenvalue weighted by Gasteiger charge is 2.25. The van der Waals surface area contributed by atoms with Crippen LogP contribution in [0.4, 0.5) is 22.0 Å². The van der Waals surface area contributed by atoms with Gasteiger partial charge in [-0.3, -0.25) is 14.2 Å². The minimum atomic E-state index is -0.700. The normalized spacial score (nSPS) is 14.2. The molecule has 3 heterocycles. The third kappa shape index (κ3) is 7.72. The summed E-state index contributed by atoms with van der Waals surface area (Å²) >= 11 is 0. The van der Waals surface area contributed by atoms with Crippen LogP contribution in [0.25, 0.3) is 10.9 Å². The van der Waals surface area contributed by atoms with Gasteiger partial charge in [-0.05, 0) is 93.7 Å². The van der Waals surface area contributed by atoms with E-state index in [1.807, 2.05) is 67.3 Å². The Kier molecular flexibility index (Phi) is 9.74. The fourth-order valence-electron chi connectivity index (χ4n) is 5.93. The highest BCUT2D eigenvalue weighted by molar-refractivity contribution is 6.04. The van der Waals surface area contributed by atoms with E-state index < -0.39 is 5.60 Å². The third-order valence-corrected chi connectivity index (χ3v) is 8.35. The van der Waals surface area contributed by atoms with Crippen molar-refractivity contribution in [2.24, 2.45) is 0 Å². The Morgan fingerprint density at radius 1 is 0.978 bits per heavy atom. The Bertz CT molecular complexity index is 1700. The zero-order valence-corrected chi connectivity index (χ0v) is 27.2. The highest BCUT2D eigenvalue weighted by Crippen LogP contribution is 2.31. The molecule has 0 atom stereocenters. The minimum Gasteiger partial charge on any atom is -0.389 e. The Morgan fingerprint density at radius 2 is 1.67 bits per heavy atom. The van der Waals surface area contributed by atoms with Crippen molar-refractivity contribution in [2.45, 2.75) is 38.2 Å². The number of carbonyl (C=O) groups is 3. The Hall–Kier alpha value is -4.74. The van der Waals surface area contributed by atoms with Crippen LogP contribution in [-0.4, -0.2) is 95.2 Å². The average Bonchev–Trinajstić information content (AvgIpc) is 3.46. The summed E-state index contributed by atoms with van der Waals surface area (Å²) in [7, 11) is 4.99. The number of likely N-dealkylation sites (N-methyl/N-ethyl adjacent to an activating group) is 1. The first-order valence-corrected chi connectivity index (χ1v) is 15.5. The summed E-state index contributed by atoms with van der Waals surface area (Å²) in [6, 6.07) is 18.5. The Morgan fingerprint density at radius 3 is 2.33 bits per heavy atom. The van der Waals surface area contributed by atoms with Gasteiger partial charge in [0, 0.05) is 68.5 Å². The molecule has 1 aliphatic rings. The molecule has 1 aliphatic heterocycles. The molecule has 4 aromatic rings. The van der Waals surface area contributed by atoms with Gasteiger partial charge >= 0.3 is 6.03 Å². The molecular weight excluding hydrogens is 582 g/mol. The van der Waals surface area contributed by atoms with E-state index in [4.69, 9.17) is 0 Å². The lowest BCUT2D eigenvalue weighted by Crippen LogP contribution is -2.42. The number of piperidine rings is 1. The fourth-order valence-corrected chi connectivity index (χ4v) is 5.93. The zero-order valence-electron chi connectivity index (χ0n) is 27.2. The largest absolute Gasteiger partial charge is 0.389 e. The number of benzene rings is 2. The van der Waals surface area contributed by atoms with Crippen molar-refractivity contribution < 1.29 is 19.5 Å². The molecule has 0 spiro atoms. The molecule has 2 aromatic carbocycles. The topological polar surface area (TPSA) is 123 Å². The molecule has 0 saturated carbocycles. The lowest BCUT2D eigenvalue weighted by atomic mass is 9.88. The van der Waals surface area contributed by atoms with E-state index >= 15 is 0 Å². The number of nitrogens with zero attached hydrogens (tertiary/aromatic N) is 5. The Labute approximate surface area is 269 Å². The van der Waals surface area contributed by atoms with Crippen LogP contribution < -0.4 is 15.5 Å². The second-order valence-corrected chi connectivity index (χ2v) is 12.7. The third-order valence-electron chi connectivity index (χ3n) is 8.35. The van der Waals surface area contributed by atoms with Crippen LogP contribution in [-0.2, 0) is 4.79 Å². The van der Waals surface area contributed by atoms with Crippen molar-refractivity contribution in [3.63, 3.8) is 0 Å². The maximum absolute atomic E-state index is 13.2. The maximum Gasteiger partial charge on any atom is 0.325 e. The molecule has 242 valence electrons. The van der Waals surface area contributed by atoms with Crippen molar-refractivity contribution in [3.8, 4) is 0 Å². The predicted octanol–water partition coefficient (Wildman–Crippen LogP) is 4.65. The lowest BCUT2D eigenvalue weighted by Gasteiger charge is -2.35. The van der Waals surface area contributed by atoms with Crippen molar-refractivity contribution >= 4 is 45.9 Å². The summed E-state index contributed by atoms with van der Waals surface area (Å²) < 4.78 is 1.53. The van der Waals surface area contributed by atoms with Gasteiger partial charge in [-0.2, -0.15) is 0 Å². The molecule has 0 radical (unpaired) electrons. The molecule has 11 nitrogen and oxygen atoms in total. The van der Waals surface area contributed by atoms with E-state index in [1.165, 1.54) is 15.0 Å². The van der Waals surface area contributed by atoms with Crippen LogP contribution in [0.15, 0.2) is 73.1 Å². The summed E-state index contributed by atoms with van der Waals surface area (Å²) in [4.78, 5) is 48.4. The van der Waals surface area contributed by atoms with E-state index in [2.05, 4.69) is 20.5 Å². The number of nitrogens with one attached hydrogen (secondary N) is 2. The zero-order chi connectivity index (χ0) is 33.0. The number of likely N-dealkylation sites (tertiary alicyclic amines) is 1. The maximum atomic E-state index is 13.2. The van der Waals surface area contributed by atoms with Gasteiger partial charge in [0.2, 0.25) is 5.91 Å². The van der Waals surface area contributed by atoms with Gasteiger partial charge in [-0.1, -0.05) is 12.1 Å². The lowest BCUT2D eigenvalue weighted by molar-refractivity contribution is -0.127. The fraction of sp³-hybridized carbons (Fsp3) is 0.371. The van der Waals surface area contributed by atoms with E-state index in [0.717, 1.165) is 42.5 Å². The second kappa shape index (κ2) is 13.7. The second-order valence-electron chi connectivity index (χ2n) is 12.7. The number of aliphatic hydroxyl groups is 1. The smallest absolute Gasteiger partial charge is 0.325 e. The molecule has 46 heavy (non-hydrogen) atoms. The SMILES string of the molecule is CNC(=O)n1ccc2cc(N(CC(=O)N(C)C)c3ccnc(NC(=O)c4ccc(C5CCN(CC(C)(C)O)CC5)cc4)c3)ccc21. The minimum absolute atomic E-state index is 0.0597. The van der Waals surface area contributed by atoms with Gasteiger partial charge in [0.05, 0.1) is 11.1 Å². The molecule has 11 heteroatoms. The van der Waals surface area contributed by atoms with Crippen molar-refractivity contribution in [1.29, 1.82) is 0 Å². The molecular formula is C35H43N7O4. The van der Waals surface area contributed by atoms with Crippen molar-refractivity contribution in [3.05, 3.63) is 84.2 Å². The van der Waals surface area contributed by atoms with E-state index in [-0.39, 0.29) is 24.4 Å². The number of aromatic nitrogens is 2. The first-order valence-electron chi connectivity index (χ1n) is 15.5. The van der Waals surface area contributed by atoms with Gasteiger partial charge in [-0.25, -0.2) is 9.78 Å². The monoisotopic (exact) mass is 625 g/mol. The van der Waals surface area contributed by atoms with Crippen LogP contribution >= 0.6 is 0 Å². The summed E-state index contributed by atoms with van der Waals surface area (Å²) in [5.74, 6) is 0.406. The summed E-state index contributed by atoms with van der Waals surface area (Å²) in [6.45, 7) is 6.28. The number of fused-ring (bicyclic) bond motifs is 1. The summed E-state index contributed by atoms with van der Waals surface area (Å²) in [5, 5.41) is 16.5. The predicted molar refractivity (Wildman–Crippen MR) is 181 cm³/mol. The molecule has 3 N–H and O–H groups in total. The van der Waals surface area contributed by atoms with Gasteiger partial charge in [-0.15, -0.1) is 0 Å². The van der Waals surface area contributed by atoms with Gasteiger partial charge < -0.3 is 30.4 Å². The Balaban J connectivity index is 1.31. The number of pyridine rings is 1. The first-order chi connectivity index (χ1) is 21.9. The van der Waals surface area contributed by atoms with Gasteiger partial charge in [0.25, 0.3) is 5.91 Å². The standard InChI is InChI=1S/C35H43N7O4/c1-35(2,46)23-40-17-13-25(14-18-40)24-6-8-26(9-7-24)33(44)38-31-21-29(12-16-37-31)42(22-32(43)39(4)5)28-10-11-30-27(20-28)15-19-41(30)34(45)36-3/h6-12,15-16,19-21,25,46H,13-14,17-18,22-23H2,1-5H3,(H,36,45)(H,37,38,44). The number of anilines is 3. The summed E-state index contributed by atoms with van der Waals surface area (Å²) in [6.07, 6.45) is 5.33. The van der Waals surface area contributed by atoms with Crippen LogP contribution in [0, 0.1) is 0 Å². The van der Waals surface area contributed by atoms with Gasteiger partial charge in [0.15, 0.2) is 0 Å². The number of amides is 3. The molecule has 1 fully saturated rings. The molecule has 0 bridgehead atoms. The number of carbonyl (C=O) groups excluding carboxylic acids is 3. The molecule has 2 aromatic heterocycles. The molecule has 1 saturated heterocycles. The molecule has 0 unspecified atom stereocenters.